The Balaban J connectivity index is 0.00000432. The first-order valence-electron chi connectivity index (χ1n) is 10.9. The molecular weight excluding hydrogens is 507 g/mol. The normalized spacial score (nSPS) is 11.3. The van der Waals surface area contributed by atoms with E-state index in [1.807, 2.05) is 37.3 Å². The average molecular weight is 535 g/mol. The van der Waals surface area contributed by atoms with Crippen LogP contribution >= 0.6 is 36.7 Å². The number of carboxylic acid groups (broad SMARTS) is 1. The molecular formula is C26H28Cl2N2O4S. The van der Waals surface area contributed by atoms with Crippen molar-refractivity contribution in [2.45, 2.75) is 26.2 Å². The Morgan fingerprint density at radius 1 is 1.09 bits per heavy atom. The monoisotopic (exact) mass is 534 g/mol. The molecule has 2 aromatic carbocycles. The van der Waals surface area contributed by atoms with Gasteiger partial charge >= 0.3 is 5.97 Å². The van der Waals surface area contributed by atoms with Gasteiger partial charge in [-0.15, -0.1) is 0 Å². The third-order valence-corrected chi connectivity index (χ3v) is 5.81. The Morgan fingerprint density at radius 2 is 1.77 bits per heavy atom. The maximum Gasteiger partial charge on any atom is 0.307 e. The van der Waals surface area contributed by atoms with E-state index >= 15 is 0 Å². The summed E-state index contributed by atoms with van der Waals surface area (Å²) in [6.45, 7) is 3.08. The Hall–Kier alpha value is -2.74. The fourth-order valence-corrected chi connectivity index (χ4v) is 4.30. The van der Waals surface area contributed by atoms with Crippen LogP contribution in [0.5, 0.6) is 5.75 Å². The van der Waals surface area contributed by atoms with E-state index in [0.29, 0.717) is 12.4 Å². The number of aryl methyl sites for hydroxylation is 1. The molecule has 0 fully saturated rings. The Bertz CT molecular complexity index is 1100. The molecule has 0 spiro atoms. The first-order valence-corrected chi connectivity index (χ1v) is 11.7. The topological polar surface area (TPSA) is 88.5 Å². The molecule has 2 N–H and O–H groups in total. The number of nitrogens with zero attached hydrogens (tertiary/aromatic N) is 1. The Kier molecular flexibility index (Phi) is 11.4. The van der Waals surface area contributed by atoms with E-state index in [1.54, 1.807) is 30.5 Å². The summed E-state index contributed by atoms with van der Waals surface area (Å²) in [5.74, 6) is -0.812. The standard InChI is InChI=1S/C26H26Cl2N2O4.H2S/c1-17-13-21(27)25(22(28)14-17)23(31)16-19(26(32)33)15-18-6-8-20(9-7-18)34-12-4-11-30-24-5-2-3-10-29-24;/h2-3,5-10,13-14,19H,4,11-12,15-16H2,1H3,(H,29,30)(H,32,33);1H2/t19-;/m1./s1. The third kappa shape index (κ3) is 8.76. The van der Waals surface area contributed by atoms with Crippen molar-refractivity contribution in [1.29, 1.82) is 0 Å². The highest BCUT2D eigenvalue weighted by Crippen LogP contribution is 2.29. The van der Waals surface area contributed by atoms with Crippen LogP contribution in [0.2, 0.25) is 10.0 Å². The van der Waals surface area contributed by atoms with Gasteiger partial charge in [0.05, 0.1) is 28.1 Å². The van der Waals surface area contributed by atoms with Crippen LogP contribution < -0.4 is 10.1 Å². The van der Waals surface area contributed by atoms with Gasteiger partial charge in [0.25, 0.3) is 0 Å². The van der Waals surface area contributed by atoms with Crippen LogP contribution in [0.15, 0.2) is 60.8 Å². The minimum absolute atomic E-state index is 0. The molecule has 0 bridgehead atoms. The molecule has 0 saturated heterocycles. The number of aromatic nitrogens is 1. The zero-order chi connectivity index (χ0) is 24.5. The summed E-state index contributed by atoms with van der Waals surface area (Å²) in [4.78, 5) is 28.8. The summed E-state index contributed by atoms with van der Waals surface area (Å²) in [7, 11) is 0. The lowest BCUT2D eigenvalue weighted by Gasteiger charge is -2.14. The number of pyridine rings is 1. The van der Waals surface area contributed by atoms with Gasteiger partial charge in [-0.3, -0.25) is 9.59 Å². The first kappa shape index (κ1) is 28.5. The molecule has 6 nitrogen and oxygen atoms in total. The smallest absolute Gasteiger partial charge is 0.307 e. The second kappa shape index (κ2) is 14.0. The molecule has 3 rings (SSSR count). The minimum Gasteiger partial charge on any atom is -0.494 e. The van der Waals surface area contributed by atoms with E-state index < -0.39 is 11.9 Å². The second-order valence-corrected chi connectivity index (χ2v) is 8.77. The lowest BCUT2D eigenvalue weighted by atomic mass is 9.92. The SMILES string of the molecule is Cc1cc(Cl)c(C(=O)C[C@@H](Cc2ccc(OCCCNc3ccccn3)cc2)C(=O)O)c(Cl)c1.S. The summed E-state index contributed by atoms with van der Waals surface area (Å²) in [5, 5.41) is 13.3. The summed E-state index contributed by atoms with van der Waals surface area (Å²) in [6, 6.07) is 16.2. The van der Waals surface area contributed by atoms with E-state index in [9.17, 15) is 14.7 Å². The van der Waals surface area contributed by atoms with Crippen molar-refractivity contribution < 1.29 is 19.4 Å². The number of Topliss-reactive ketones (excluding diaryl/α,β-unsaturated/α-hetero) is 1. The van der Waals surface area contributed by atoms with E-state index in [4.69, 9.17) is 27.9 Å². The largest absolute Gasteiger partial charge is 0.494 e. The number of halogens is 2. The predicted molar refractivity (Wildman–Crippen MR) is 145 cm³/mol. The van der Waals surface area contributed by atoms with Gasteiger partial charge in [-0.05, 0) is 67.3 Å². The molecule has 0 unspecified atom stereocenters. The van der Waals surface area contributed by atoms with Crippen LogP contribution in [-0.2, 0) is 11.2 Å². The fourth-order valence-electron chi connectivity index (χ4n) is 3.49. The molecule has 3 aromatic rings. The molecule has 0 saturated carbocycles. The van der Waals surface area contributed by atoms with Gasteiger partial charge in [0.1, 0.15) is 11.6 Å². The number of aliphatic carboxylic acids is 1. The van der Waals surface area contributed by atoms with Gasteiger partial charge in [0, 0.05) is 19.2 Å². The van der Waals surface area contributed by atoms with E-state index in [0.717, 1.165) is 29.9 Å². The number of hydrogen-bond donors (Lipinski definition) is 2. The lowest BCUT2D eigenvalue weighted by molar-refractivity contribution is -0.141. The number of benzene rings is 2. The summed E-state index contributed by atoms with van der Waals surface area (Å²) < 4.78 is 5.75. The van der Waals surface area contributed by atoms with Crippen LogP contribution in [0.1, 0.15) is 34.3 Å². The highest BCUT2D eigenvalue weighted by Gasteiger charge is 2.25. The Labute approximate surface area is 222 Å². The van der Waals surface area contributed by atoms with E-state index in [1.165, 1.54) is 0 Å². The number of carbonyl (C=O) groups excluding carboxylic acids is 1. The van der Waals surface area contributed by atoms with Crippen molar-refractivity contribution in [3.05, 3.63) is 87.5 Å². The number of anilines is 1. The van der Waals surface area contributed by atoms with Crippen LogP contribution in [0.4, 0.5) is 5.82 Å². The maximum atomic E-state index is 12.8. The van der Waals surface area contributed by atoms with Crippen LogP contribution in [0, 0.1) is 12.8 Å². The molecule has 1 heterocycles. The highest BCUT2D eigenvalue weighted by atomic mass is 35.5. The van der Waals surface area contributed by atoms with Gasteiger partial charge in [-0.25, -0.2) is 4.98 Å². The predicted octanol–water partition coefficient (Wildman–Crippen LogP) is 6.21. The molecule has 1 aromatic heterocycles. The van der Waals surface area contributed by atoms with Crippen LogP contribution in [0.25, 0.3) is 0 Å². The number of hydrogen-bond acceptors (Lipinski definition) is 5. The van der Waals surface area contributed by atoms with E-state index in [-0.39, 0.29) is 47.7 Å². The molecule has 35 heavy (non-hydrogen) atoms. The van der Waals surface area contributed by atoms with Gasteiger partial charge in [-0.1, -0.05) is 41.4 Å². The zero-order valence-corrected chi connectivity index (χ0v) is 21.8. The first-order chi connectivity index (χ1) is 16.3. The second-order valence-electron chi connectivity index (χ2n) is 7.96. The number of nitrogens with one attached hydrogen (secondary N) is 1. The molecule has 186 valence electrons. The van der Waals surface area contributed by atoms with Crippen molar-refractivity contribution in [3.63, 3.8) is 0 Å². The van der Waals surface area contributed by atoms with Crippen molar-refractivity contribution in [1.82, 2.24) is 4.98 Å². The molecule has 0 amide bonds. The van der Waals surface area contributed by atoms with Gasteiger partial charge in [0.2, 0.25) is 0 Å². The molecule has 0 aliphatic rings. The third-order valence-electron chi connectivity index (χ3n) is 5.21. The van der Waals surface area contributed by atoms with Crippen LogP contribution in [-0.4, -0.2) is 35.0 Å². The molecule has 9 heteroatoms. The van der Waals surface area contributed by atoms with Crippen molar-refractivity contribution >= 4 is 54.3 Å². The van der Waals surface area contributed by atoms with Crippen LogP contribution in [0.3, 0.4) is 0 Å². The molecule has 1 atom stereocenters. The molecule has 0 aliphatic heterocycles. The number of carboxylic acids is 1. The number of carbonyl (C=O) groups is 2. The van der Waals surface area contributed by atoms with Crippen molar-refractivity contribution in [3.8, 4) is 5.75 Å². The average Bonchev–Trinajstić information content (AvgIpc) is 2.79. The highest BCUT2D eigenvalue weighted by molar-refractivity contribution is 7.59. The summed E-state index contributed by atoms with van der Waals surface area (Å²) in [5.41, 5.74) is 1.79. The summed E-state index contributed by atoms with van der Waals surface area (Å²) in [6.07, 6.45) is 2.54. The number of rotatable bonds is 12. The molecule has 0 radical (unpaired) electrons. The fraction of sp³-hybridized carbons (Fsp3) is 0.269. The zero-order valence-electron chi connectivity index (χ0n) is 19.3. The van der Waals surface area contributed by atoms with Crippen molar-refractivity contribution in [2.24, 2.45) is 5.92 Å². The van der Waals surface area contributed by atoms with Gasteiger partial charge in [0.15, 0.2) is 5.78 Å². The van der Waals surface area contributed by atoms with E-state index in [2.05, 4.69) is 10.3 Å². The van der Waals surface area contributed by atoms with Crippen molar-refractivity contribution in [2.75, 3.05) is 18.5 Å². The minimum atomic E-state index is -1.05. The quantitative estimate of drug-likeness (QED) is 0.212. The number of ether oxygens (including phenoxy) is 1. The number of ketones is 1. The van der Waals surface area contributed by atoms with Gasteiger partial charge in [-0.2, -0.15) is 13.5 Å². The Morgan fingerprint density at radius 3 is 2.37 bits per heavy atom. The molecule has 0 aliphatic carbocycles. The maximum absolute atomic E-state index is 12.8. The summed E-state index contributed by atoms with van der Waals surface area (Å²) >= 11 is 12.4. The van der Waals surface area contributed by atoms with Gasteiger partial charge < -0.3 is 15.2 Å². The lowest BCUT2D eigenvalue weighted by Crippen LogP contribution is -2.21.